The summed E-state index contributed by atoms with van der Waals surface area (Å²) in [5.74, 6) is 2.27. The zero-order valence-electron chi connectivity index (χ0n) is 29.5. The van der Waals surface area contributed by atoms with Gasteiger partial charge in [0.25, 0.3) is 5.89 Å². The second-order valence-corrected chi connectivity index (χ2v) is 15.5. The van der Waals surface area contributed by atoms with E-state index in [0.717, 1.165) is 18.2 Å². The Morgan fingerprint density at radius 1 is 0.809 bits per heavy atom. The summed E-state index contributed by atoms with van der Waals surface area (Å²) in [7, 11) is 14.8. The van der Waals surface area contributed by atoms with E-state index < -0.39 is 9.84 Å². The minimum atomic E-state index is -3.17. The Hall–Kier alpha value is -3.06. The monoisotopic (exact) mass is 642 g/mol. The molecule has 0 aliphatic carbocycles. The van der Waals surface area contributed by atoms with Crippen molar-refractivity contribution in [3.8, 4) is 11.7 Å². The third-order valence-electron chi connectivity index (χ3n) is 7.01. The SMILES string of the molecule is CC(C)(C)c1ccc2c(c1)S(=O)(=O)C=C2.CC(C)(C)c1nnc(-c2ccco2)o1.C[C@@H](c1ccccc1)C(C)(C)C.[B].[B][B].[B][B][B]. The fourth-order valence-electron chi connectivity index (χ4n) is 3.89. The molecule has 5 rings (SSSR count). The lowest BCUT2D eigenvalue weighted by molar-refractivity contribution is 0.339. The van der Waals surface area contributed by atoms with Crippen LogP contribution in [0.1, 0.15) is 97.7 Å². The van der Waals surface area contributed by atoms with Gasteiger partial charge in [0.1, 0.15) is 0 Å². The lowest BCUT2D eigenvalue weighted by Gasteiger charge is -2.27. The number of sulfone groups is 1. The van der Waals surface area contributed by atoms with Crippen molar-refractivity contribution in [2.24, 2.45) is 5.41 Å². The van der Waals surface area contributed by atoms with Gasteiger partial charge in [-0.3, -0.25) is 0 Å². The molecule has 2 aromatic carbocycles. The Morgan fingerprint density at radius 2 is 1.38 bits per heavy atom. The van der Waals surface area contributed by atoms with Crippen molar-refractivity contribution in [2.75, 3.05) is 0 Å². The van der Waals surface area contributed by atoms with E-state index in [1.54, 1.807) is 30.5 Å². The molecule has 0 amide bonds. The lowest BCUT2D eigenvalue weighted by Crippen LogP contribution is -2.14. The summed E-state index contributed by atoms with van der Waals surface area (Å²) >= 11 is 0. The summed E-state index contributed by atoms with van der Waals surface area (Å²) in [5.41, 5.74) is 3.49. The minimum Gasteiger partial charge on any atom is -0.459 e. The topological polar surface area (TPSA) is 86.2 Å². The van der Waals surface area contributed by atoms with Crippen LogP contribution in [0.5, 0.6) is 0 Å². The van der Waals surface area contributed by atoms with Gasteiger partial charge in [0.15, 0.2) is 15.6 Å². The summed E-state index contributed by atoms with van der Waals surface area (Å²) in [6.07, 6.45) is 3.23. The van der Waals surface area contributed by atoms with Gasteiger partial charge < -0.3 is 8.83 Å². The lowest BCUT2D eigenvalue weighted by atomic mass is 9.40. The van der Waals surface area contributed by atoms with Gasteiger partial charge in [-0.1, -0.05) is 112 Å². The van der Waals surface area contributed by atoms with Crippen LogP contribution in [0.2, 0.25) is 0 Å². The van der Waals surface area contributed by atoms with E-state index >= 15 is 0 Å². The maximum absolute atomic E-state index is 11.6. The number of rotatable bonds is 2. The molecule has 47 heavy (non-hydrogen) atoms. The standard InChI is InChI=1S/C12H14O2S.C12H18.C10H12N2O2.B3.B2.B/c1-12(2,3)10-5-4-9-6-7-15(13,14)11(9)8-10;1-10(12(2,3)4)11-8-6-5-7-9-11;1-10(2,3)9-12-11-8(14-9)7-5-4-6-13-7;1-3-2;1-2;/h4-8H,1-3H3;5-10H,1-4H3;4-6H,1-3H3;;;/t;10-;;;;/m.0..../s1. The van der Waals surface area contributed by atoms with Crippen molar-refractivity contribution >= 4 is 62.3 Å². The third kappa shape index (κ3) is 13.9. The molecule has 0 spiro atoms. The molecule has 238 valence electrons. The van der Waals surface area contributed by atoms with E-state index in [1.807, 2.05) is 32.9 Å². The van der Waals surface area contributed by atoms with Crippen LogP contribution in [-0.2, 0) is 20.7 Å². The van der Waals surface area contributed by atoms with Crippen LogP contribution in [0.3, 0.4) is 0 Å². The molecule has 1 atom stereocenters. The molecule has 12 radical (unpaired) electrons. The summed E-state index contributed by atoms with van der Waals surface area (Å²) in [5, 5.41) is 9.15. The molecular formula is C34H44B6N2O4S. The van der Waals surface area contributed by atoms with E-state index in [9.17, 15) is 8.42 Å². The van der Waals surface area contributed by atoms with Crippen LogP contribution in [0, 0.1) is 5.41 Å². The molecule has 0 N–H and O–H groups in total. The summed E-state index contributed by atoms with van der Waals surface area (Å²) in [6, 6.07) is 19.9. The smallest absolute Gasteiger partial charge is 0.283 e. The van der Waals surface area contributed by atoms with Gasteiger partial charge in [0.2, 0.25) is 5.89 Å². The van der Waals surface area contributed by atoms with Crippen LogP contribution in [0.4, 0.5) is 0 Å². The number of hydrogen-bond donors (Lipinski definition) is 0. The van der Waals surface area contributed by atoms with Gasteiger partial charge in [0, 0.05) is 57.2 Å². The summed E-state index contributed by atoms with van der Waals surface area (Å²) in [4.78, 5) is 0.440. The predicted molar refractivity (Wildman–Crippen MR) is 201 cm³/mol. The molecule has 13 heteroatoms. The van der Waals surface area contributed by atoms with Gasteiger partial charge >= 0.3 is 0 Å². The highest BCUT2D eigenvalue weighted by Crippen LogP contribution is 2.34. The molecule has 0 saturated carbocycles. The predicted octanol–water partition coefficient (Wildman–Crippen LogP) is 6.92. The summed E-state index contributed by atoms with van der Waals surface area (Å²) in [6.45, 7) is 21.4. The van der Waals surface area contributed by atoms with Crippen LogP contribution in [0.15, 0.2) is 86.1 Å². The first-order valence-corrected chi connectivity index (χ1v) is 16.4. The van der Waals surface area contributed by atoms with Crippen molar-refractivity contribution < 1.29 is 17.3 Å². The molecule has 0 bridgehead atoms. The van der Waals surface area contributed by atoms with Crippen molar-refractivity contribution in [2.45, 2.75) is 90.9 Å². The Labute approximate surface area is 291 Å². The fraction of sp³-hybridized carbons (Fsp3) is 0.412. The Morgan fingerprint density at radius 3 is 1.83 bits per heavy atom. The second kappa shape index (κ2) is 19.1. The largest absolute Gasteiger partial charge is 0.459 e. The molecule has 2 aromatic heterocycles. The average Bonchev–Trinajstić information content (AvgIpc) is 3.75. The number of hydrogen-bond acceptors (Lipinski definition) is 6. The van der Waals surface area contributed by atoms with Gasteiger partial charge in [0.05, 0.1) is 11.2 Å². The third-order valence-corrected chi connectivity index (χ3v) is 8.47. The first kappa shape index (κ1) is 43.9. The number of fused-ring (bicyclic) bond motifs is 1. The highest BCUT2D eigenvalue weighted by molar-refractivity contribution is 7.94. The maximum atomic E-state index is 11.6. The Bertz CT molecular complexity index is 1590. The number of furan rings is 1. The normalized spacial score (nSPS) is 13.2. The zero-order chi connectivity index (χ0) is 35.3. The molecule has 6 nitrogen and oxygen atoms in total. The molecule has 0 saturated heterocycles. The Kier molecular flexibility index (Phi) is 17.8. The van der Waals surface area contributed by atoms with Gasteiger partial charge in [-0.25, -0.2) is 8.42 Å². The molecule has 0 fully saturated rings. The molecule has 4 aromatic rings. The van der Waals surface area contributed by atoms with Crippen LogP contribution < -0.4 is 0 Å². The van der Waals surface area contributed by atoms with Crippen molar-refractivity contribution in [1.29, 1.82) is 0 Å². The van der Waals surface area contributed by atoms with Crippen LogP contribution >= 0.6 is 0 Å². The fourth-order valence-corrected chi connectivity index (χ4v) is 5.12. The van der Waals surface area contributed by atoms with E-state index in [0.29, 0.717) is 33.8 Å². The second-order valence-electron chi connectivity index (χ2n) is 13.7. The number of benzene rings is 2. The average molecular weight is 642 g/mol. The quantitative estimate of drug-likeness (QED) is 0.221. The Balaban J connectivity index is 0.000000628. The number of aromatic nitrogens is 2. The molecule has 3 heterocycles. The van der Waals surface area contributed by atoms with Gasteiger partial charge in [-0.2, -0.15) is 0 Å². The van der Waals surface area contributed by atoms with Crippen molar-refractivity contribution in [3.63, 3.8) is 0 Å². The van der Waals surface area contributed by atoms with E-state index in [-0.39, 0.29) is 19.2 Å². The van der Waals surface area contributed by atoms with Crippen molar-refractivity contribution in [3.05, 3.63) is 94.9 Å². The van der Waals surface area contributed by atoms with E-state index in [2.05, 4.69) is 120 Å². The summed E-state index contributed by atoms with van der Waals surface area (Å²) < 4.78 is 33.9. The van der Waals surface area contributed by atoms with Crippen LogP contribution in [-0.4, -0.2) is 65.0 Å². The number of nitrogens with zero attached hydrogens (tertiary/aromatic N) is 2. The van der Waals surface area contributed by atoms with Crippen LogP contribution in [0.25, 0.3) is 17.7 Å². The van der Waals surface area contributed by atoms with Gasteiger partial charge in [-0.05, 0) is 57.7 Å². The van der Waals surface area contributed by atoms with Gasteiger partial charge in [-0.15, -0.1) is 10.2 Å². The molecule has 1 aliphatic heterocycles. The highest BCUT2D eigenvalue weighted by atomic mass is 32.2. The first-order valence-electron chi connectivity index (χ1n) is 14.9. The maximum Gasteiger partial charge on any atom is 0.283 e. The molecule has 0 unspecified atom stereocenters. The van der Waals surface area contributed by atoms with E-state index in [1.165, 1.54) is 11.0 Å². The molecule has 1 aliphatic rings. The minimum absolute atomic E-state index is 0. The highest BCUT2D eigenvalue weighted by Gasteiger charge is 2.24. The molecular weight excluding hydrogens is 597 g/mol. The van der Waals surface area contributed by atoms with Crippen molar-refractivity contribution in [1.82, 2.24) is 10.2 Å². The zero-order valence-corrected chi connectivity index (χ0v) is 30.3. The first-order chi connectivity index (χ1) is 21.3. The van der Waals surface area contributed by atoms with E-state index in [4.69, 9.17) is 8.83 Å².